The van der Waals surface area contributed by atoms with Gasteiger partial charge >= 0.3 is 0 Å². The van der Waals surface area contributed by atoms with Crippen molar-refractivity contribution < 1.29 is 17.6 Å². The fraction of sp³-hybridized carbons (Fsp3) is 0.211. The molecule has 7 heteroatoms. The summed E-state index contributed by atoms with van der Waals surface area (Å²) in [5.41, 5.74) is 1.44. The average Bonchev–Trinajstić information content (AvgIpc) is 3.03. The lowest BCUT2D eigenvalue weighted by molar-refractivity contribution is 0.414. The highest BCUT2D eigenvalue weighted by Crippen LogP contribution is 2.24. The summed E-state index contributed by atoms with van der Waals surface area (Å²) in [5.74, 6) is 1.68. The first-order chi connectivity index (χ1) is 12.4. The predicted molar refractivity (Wildman–Crippen MR) is 98.3 cm³/mol. The Bertz CT molecular complexity index is 980. The van der Waals surface area contributed by atoms with Crippen LogP contribution in [0, 0.1) is 6.92 Å². The molecule has 0 saturated heterocycles. The second-order valence-electron chi connectivity index (χ2n) is 5.82. The van der Waals surface area contributed by atoms with Gasteiger partial charge in [-0.3, -0.25) is 0 Å². The minimum Gasteiger partial charge on any atom is -0.497 e. The summed E-state index contributed by atoms with van der Waals surface area (Å²) in [6.07, 6.45) is 0. The standard InChI is InChI=1S/C19H20N2O4S/c1-14-18(20-19(25-14)15-7-5-4-6-8-15)13-21(2)26(22,23)17-11-9-16(24-3)10-12-17/h4-12H,13H2,1-3H3. The van der Waals surface area contributed by atoms with Gasteiger partial charge in [0.25, 0.3) is 0 Å². The Morgan fingerprint density at radius 2 is 1.73 bits per heavy atom. The van der Waals surface area contributed by atoms with Gasteiger partial charge in [-0.15, -0.1) is 0 Å². The first kappa shape index (κ1) is 18.2. The number of ether oxygens (including phenoxy) is 1. The van der Waals surface area contributed by atoms with Gasteiger partial charge in [0.15, 0.2) is 0 Å². The van der Waals surface area contributed by atoms with Crippen LogP contribution in [-0.4, -0.2) is 31.9 Å². The van der Waals surface area contributed by atoms with E-state index in [0.29, 0.717) is 23.1 Å². The second-order valence-corrected chi connectivity index (χ2v) is 7.87. The van der Waals surface area contributed by atoms with E-state index in [-0.39, 0.29) is 11.4 Å². The van der Waals surface area contributed by atoms with Gasteiger partial charge in [0, 0.05) is 12.6 Å². The molecule has 26 heavy (non-hydrogen) atoms. The van der Waals surface area contributed by atoms with Crippen molar-refractivity contribution >= 4 is 10.0 Å². The summed E-state index contributed by atoms with van der Waals surface area (Å²) in [6, 6.07) is 15.8. The first-order valence-electron chi connectivity index (χ1n) is 8.04. The van der Waals surface area contributed by atoms with Crippen molar-refractivity contribution in [3.8, 4) is 17.2 Å². The minimum absolute atomic E-state index is 0.122. The van der Waals surface area contributed by atoms with Crippen molar-refractivity contribution in [2.45, 2.75) is 18.4 Å². The van der Waals surface area contributed by atoms with Crippen LogP contribution in [0.4, 0.5) is 0 Å². The molecule has 0 aliphatic rings. The van der Waals surface area contributed by atoms with Crippen LogP contribution in [0.3, 0.4) is 0 Å². The molecule has 6 nitrogen and oxygen atoms in total. The maximum absolute atomic E-state index is 12.8. The fourth-order valence-corrected chi connectivity index (χ4v) is 3.63. The molecule has 136 valence electrons. The van der Waals surface area contributed by atoms with E-state index in [1.807, 2.05) is 30.3 Å². The van der Waals surface area contributed by atoms with E-state index in [0.717, 1.165) is 5.56 Å². The number of benzene rings is 2. The Hall–Kier alpha value is -2.64. The van der Waals surface area contributed by atoms with Crippen LogP contribution in [0.25, 0.3) is 11.5 Å². The second kappa shape index (κ2) is 7.31. The van der Waals surface area contributed by atoms with Crippen LogP contribution >= 0.6 is 0 Å². The summed E-state index contributed by atoms with van der Waals surface area (Å²) in [5, 5.41) is 0. The molecule has 0 fully saturated rings. The molecule has 0 N–H and O–H groups in total. The molecule has 1 aromatic heterocycles. The van der Waals surface area contributed by atoms with Crippen LogP contribution in [0.15, 0.2) is 63.9 Å². The molecule has 3 rings (SSSR count). The quantitative estimate of drug-likeness (QED) is 0.662. The van der Waals surface area contributed by atoms with Gasteiger partial charge in [-0.05, 0) is 43.3 Å². The highest BCUT2D eigenvalue weighted by atomic mass is 32.2. The van der Waals surface area contributed by atoms with Crippen LogP contribution in [0.5, 0.6) is 5.75 Å². The summed E-state index contributed by atoms with van der Waals surface area (Å²) >= 11 is 0. The smallest absolute Gasteiger partial charge is 0.243 e. The largest absolute Gasteiger partial charge is 0.497 e. The monoisotopic (exact) mass is 372 g/mol. The van der Waals surface area contributed by atoms with E-state index in [9.17, 15) is 8.42 Å². The van der Waals surface area contributed by atoms with Gasteiger partial charge in [-0.2, -0.15) is 4.31 Å². The summed E-state index contributed by atoms with van der Waals surface area (Å²) in [4.78, 5) is 4.66. The number of aryl methyl sites for hydroxylation is 1. The van der Waals surface area contributed by atoms with E-state index >= 15 is 0 Å². The fourth-order valence-electron chi connectivity index (χ4n) is 2.50. The number of oxazole rings is 1. The topological polar surface area (TPSA) is 72.6 Å². The van der Waals surface area contributed by atoms with E-state index in [1.54, 1.807) is 19.1 Å². The minimum atomic E-state index is -3.64. The third-order valence-electron chi connectivity index (χ3n) is 4.05. The molecule has 0 atom stereocenters. The zero-order valence-electron chi connectivity index (χ0n) is 14.8. The molecule has 0 amide bonds. The zero-order valence-corrected chi connectivity index (χ0v) is 15.7. The molecule has 0 radical (unpaired) electrons. The highest BCUT2D eigenvalue weighted by Gasteiger charge is 2.23. The highest BCUT2D eigenvalue weighted by molar-refractivity contribution is 7.89. The van der Waals surface area contributed by atoms with E-state index in [1.165, 1.54) is 30.6 Å². The number of rotatable bonds is 6. The van der Waals surface area contributed by atoms with Crippen LogP contribution in [-0.2, 0) is 16.6 Å². The number of hydrogen-bond donors (Lipinski definition) is 0. The Labute approximate surface area is 153 Å². The first-order valence-corrected chi connectivity index (χ1v) is 9.48. The van der Waals surface area contributed by atoms with Crippen LogP contribution < -0.4 is 4.74 Å². The Kier molecular flexibility index (Phi) is 5.11. The van der Waals surface area contributed by atoms with E-state index in [2.05, 4.69) is 4.98 Å². The average molecular weight is 372 g/mol. The number of hydrogen-bond acceptors (Lipinski definition) is 5. The van der Waals surface area contributed by atoms with Crippen LogP contribution in [0.1, 0.15) is 11.5 Å². The lowest BCUT2D eigenvalue weighted by Gasteiger charge is -2.16. The van der Waals surface area contributed by atoms with E-state index < -0.39 is 10.0 Å². The van der Waals surface area contributed by atoms with Gasteiger partial charge in [-0.1, -0.05) is 18.2 Å². The van der Waals surface area contributed by atoms with Crippen molar-refractivity contribution in [1.82, 2.24) is 9.29 Å². The van der Waals surface area contributed by atoms with Crippen molar-refractivity contribution in [2.24, 2.45) is 0 Å². The van der Waals surface area contributed by atoms with Gasteiger partial charge < -0.3 is 9.15 Å². The summed E-state index contributed by atoms with van der Waals surface area (Å²) in [7, 11) is -0.579. The van der Waals surface area contributed by atoms with Gasteiger partial charge in [0.1, 0.15) is 11.5 Å². The van der Waals surface area contributed by atoms with Gasteiger partial charge in [-0.25, -0.2) is 13.4 Å². The molecule has 0 aliphatic heterocycles. The predicted octanol–water partition coefficient (Wildman–Crippen LogP) is 3.48. The normalized spacial score (nSPS) is 11.7. The third kappa shape index (κ3) is 3.63. The molecule has 3 aromatic rings. The maximum Gasteiger partial charge on any atom is 0.243 e. The lowest BCUT2D eigenvalue weighted by Crippen LogP contribution is -2.26. The Morgan fingerprint density at radius 1 is 1.08 bits per heavy atom. The molecule has 1 heterocycles. The third-order valence-corrected chi connectivity index (χ3v) is 5.87. The number of sulfonamides is 1. The number of methoxy groups -OCH3 is 1. The molecule has 0 unspecified atom stereocenters. The molecule has 0 aliphatic carbocycles. The number of aromatic nitrogens is 1. The lowest BCUT2D eigenvalue weighted by atomic mass is 10.2. The van der Waals surface area contributed by atoms with Crippen molar-refractivity contribution in [3.05, 3.63) is 66.1 Å². The molecule has 2 aromatic carbocycles. The molecule has 0 spiro atoms. The van der Waals surface area contributed by atoms with Crippen molar-refractivity contribution in [3.63, 3.8) is 0 Å². The Morgan fingerprint density at radius 3 is 2.35 bits per heavy atom. The molecule has 0 bridgehead atoms. The summed E-state index contributed by atoms with van der Waals surface area (Å²) < 4.78 is 37.5. The molecule has 0 saturated carbocycles. The Balaban J connectivity index is 1.83. The molecular formula is C19H20N2O4S. The van der Waals surface area contributed by atoms with Crippen LogP contribution in [0.2, 0.25) is 0 Å². The molecular weight excluding hydrogens is 352 g/mol. The van der Waals surface area contributed by atoms with Gasteiger partial charge in [0.2, 0.25) is 15.9 Å². The van der Waals surface area contributed by atoms with Crippen molar-refractivity contribution in [2.75, 3.05) is 14.2 Å². The SMILES string of the molecule is COc1ccc(S(=O)(=O)N(C)Cc2nc(-c3ccccc3)oc2C)cc1. The van der Waals surface area contributed by atoms with Gasteiger partial charge in [0.05, 0.1) is 24.2 Å². The zero-order chi connectivity index (χ0) is 18.7. The summed E-state index contributed by atoms with van der Waals surface area (Å²) in [6.45, 7) is 1.90. The maximum atomic E-state index is 12.8. The van der Waals surface area contributed by atoms with Crippen molar-refractivity contribution in [1.29, 1.82) is 0 Å². The number of nitrogens with zero attached hydrogens (tertiary/aromatic N) is 2. The van der Waals surface area contributed by atoms with E-state index in [4.69, 9.17) is 9.15 Å².